The first-order valence-electron chi connectivity index (χ1n) is 5.45. The van der Waals surface area contributed by atoms with Gasteiger partial charge in [0.05, 0.1) is 5.69 Å². The van der Waals surface area contributed by atoms with Gasteiger partial charge in [-0.05, 0) is 25.3 Å². The van der Waals surface area contributed by atoms with E-state index in [4.69, 9.17) is 5.73 Å². The molecule has 0 aliphatic carbocycles. The van der Waals surface area contributed by atoms with Crippen LogP contribution in [-0.2, 0) is 7.05 Å². The maximum atomic E-state index is 5.76. The highest BCUT2D eigenvalue weighted by atomic mass is 15.3. The molecule has 1 unspecified atom stereocenters. The van der Waals surface area contributed by atoms with Crippen molar-refractivity contribution in [2.45, 2.75) is 27.2 Å². The number of hydrogen-bond donors (Lipinski definition) is 2. The van der Waals surface area contributed by atoms with Gasteiger partial charge in [-0.2, -0.15) is 5.10 Å². The van der Waals surface area contributed by atoms with Gasteiger partial charge in [0, 0.05) is 19.7 Å². The van der Waals surface area contributed by atoms with E-state index in [-0.39, 0.29) is 5.41 Å². The van der Waals surface area contributed by atoms with E-state index < -0.39 is 0 Å². The van der Waals surface area contributed by atoms with Gasteiger partial charge in [-0.1, -0.05) is 13.8 Å². The fraction of sp³-hybridized carbons (Fsp3) is 0.727. The summed E-state index contributed by atoms with van der Waals surface area (Å²) in [7, 11) is 1.95. The summed E-state index contributed by atoms with van der Waals surface area (Å²) in [5.74, 6) is 1.06. The normalized spacial score (nSPS) is 15.0. The van der Waals surface area contributed by atoms with Crippen LogP contribution in [0.3, 0.4) is 0 Å². The lowest BCUT2D eigenvalue weighted by molar-refractivity contribution is 0.345. The van der Waals surface area contributed by atoms with Crippen molar-refractivity contribution in [1.29, 1.82) is 0 Å². The van der Waals surface area contributed by atoms with Crippen LogP contribution < -0.4 is 11.1 Å². The summed E-state index contributed by atoms with van der Waals surface area (Å²) in [5, 5.41) is 7.68. The zero-order valence-electron chi connectivity index (χ0n) is 10.2. The summed E-state index contributed by atoms with van der Waals surface area (Å²) in [6.07, 6.45) is 1.08. The predicted molar refractivity (Wildman–Crippen MR) is 63.9 cm³/mol. The monoisotopic (exact) mass is 210 g/mol. The number of aromatic nitrogens is 2. The van der Waals surface area contributed by atoms with Crippen molar-refractivity contribution in [3.8, 4) is 0 Å². The number of nitrogens with one attached hydrogen (secondary N) is 1. The predicted octanol–water partition coefficient (Wildman–Crippen LogP) is 1.52. The average molecular weight is 210 g/mol. The summed E-state index contributed by atoms with van der Waals surface area (Å²) in [6, 6.07) is 2.05. The number of hydrogen-bond acceptors (Lipinski definition) is 3. The average Bonchev–Trinajstić information content (AvgIpc) is 2.54. The molecular formula is C11H22N4. The summed E-state index contributed by atoms with van der Waals surface area (Å²) in [6.45, 7) is 7.95. The SMILES string of the molecule is CCC(C)(CN)CNc1cc(C)nn1C. The lowest BCUT2D eigenvalue weighted by atomic mass is 9.88. The van der Waals surface area contributed by atoms with Crippen LogP contribution in [0.4, 0.5) is 5.82 Å². The van der Waals surface area contributed by atoms with Gasteiger partial charge in [0.2, 0.25) is 0 Å². The van der Waals surface area contributed by atoms with Gasteiger partial charge < -0.3 is 11.1 Å². The van der Waals surface area contributed by atoms with Crippen LogP contribution in [-0.4, -0.2) is 22.9 Å². The van der Waals surface area contributed by atoms with Gasteiger partial charge in [0.25, 0.3) is 0 Å². The molecule has 0 aliphatic heterocycles. The fourth-order valence-electron chi connectivity index (χ4n) is 1.42. The molecule has 0 aromatic carbocycles. The molecule has 4 nitrogen and oxygen atoms in total. The van der Waals surface area contributed by atoms with E-state index in [2.05, 4.69) is 24.3 Å². The number of aryl methyl sites for hydroxylation is 2. The maximum Gasteiger partial charge on any atom is 0.124 e. The quantitative estimate of drug-likeness (QED) is 0.774. The topological polar surface area (TPSA) is 55.9 Å². The summed E-state index contributed by atoms with van der Waals surface area (Å²) >= 11 is 0. The van der Waals surface area contributed by atoms with Gasteiger partial charge in [0.15, 0.2) is 0 Å². The molecule has 0 saturated carbocycles. The second-order valence-electron chi connectivity index (χ2n) is 4.52. The molecule has 1 heterocycles. The van der Waals surface area contributed by atoms with Crippen LogP contribution >= 0.6 is 0 Å². The Morgan fingerprint density at radius 2 is 2.27 bits per heavy atom. The highest BCUT2D eigenvalue weighted by Gasteiger charge is 2.20. The molecule has 86 valence electrons. The molecule has 0 saturated heterocycles. The lowest BCUT2D eigenvalue weighted by Crippen LogP contribution is -2.34. The molecule has 0 spiro atoms. The molecule has 1 atom stereocenters. The molecule has 0 bridgehead atoms. The van der Waals surface area contributed by atoms with Gasteiger partial charge >= 0.3 is 0 Å². The van der Waals surface area contributed by atoms with E-state index in [1.54, 1.807) is 0 Å². The van der Waals surface area contributed by atoms with Crippen LogP contribution in [0.1, 0.15) is 26.0 Å². The Kier molecular flexibility index (Phi) is 3.74. The first-order valence-corrected chi connectivity index (χ1v) is 5.45. The third-order valence-corrected chi connectivity index (χ3v) is 3.04. The highest BCUT2D eigenvalue weighted by molar-refractivity contribution is 5.36. The van der Waals surface area contributed by atoms with Gasteiger partial charge in [0.1, 0.15) is 5.82 Å². The van der Waals surface area contributed by atoms with E-state index in [1.165, 1.54) is 0 Å². The van der Waals surface area contributed by atoms with Gasteiger partial charge in [-0.15, -0.1) is 0 Å². The molecule has 4 heteroatoms. The van der Waals surface area contributed by atoms with Crippen molar-refractivity contribution in [2.75, 3.05) is 18.4 Å². The number of nitrogens with zero attached hydrogens (tertiary/aromatic N) is 2. The fourth-order valence-corrected chi connectivity index (χ4v) is 1.42. The Hall–Kier alpha value is -1.03. The van der Waals surface area contributed by atoms with Gasteiger partial charge in [-0.25, -0.2) is 0 Å². The first kappa shape index (κ1) is 12.0. The molecule has 0 amide bonds. The van der Waals surface area contributed by atoms with E-state index >= 15 is 0 Å². The molecule has 15 heavy (non-hydrogen) atoms. The van der Waals surface area contributed by atoms with Crippen LogP contribution in [0.25, 0.3) is 0 Å². The second kappa shape index (κ2) is 4.66. The third-order valence-electron chi connectivity index (χ3n) is 3.04. The van der Waals surface area contributed by atoms with Crippen molar-refractivity contribution in [3.05, 3.63) is 11.8 Å². The zero-order valence-corrected chi connectivity index (χ0v) is 10.2. The standard InChI is InChI=1S/C11H22N4/c1-5-11(3,7-12)8-13-10-6-9(2)14-15(10)4/h6,13H,5,7-8,12H2,1-4H3. The highest BCUT2D eigenvalue weighted by Crippen LogP contribution is 2.20. The van der Waals surface area contributed by atoms with Crippen molar-refractivity contribution in [3.63, 3.8) is 0 Å². The molecule has 0 fully saturated rings. The molecule has 0 radical (unpaired) electrons. The van der Waals surface area contributed by atoms with Crippen LogP contribution in [0.2, 0.25) is 0 Å². The Balaban J connectivity index is 2.60. The Morgan fingerprint density at radius 3 is 2.67 bits per heavy atom. The van der Waals surface area contributed by atoms with Crippen LogP contribution in [0.15, 0.2) is 6.07 Å². The summed E-state index contributed by atoms with van der Waals surface area (Å²) < 4.78 is 1.86. The molecule has 1 aromatic heterocycles. The van der Waals surface area contributed by atoms with Crippen molar-refractivity contribution < 1.29 is 0 Å². The Bertz CT molecular complexity index is 312. The number of rotatable bonds is 5. The minimum absolute atomic E-state index is 0.165. The summed E-state index contributed by atoms with van der Waals surface area (Å²) in [5.41, 5.74) is 6.96. The number of anilines is 1. The Labute approximate surface area is 91.8 Å². The molecular weight excluding hydrogens is 188 g/mol. The lowest BCUT2D eigenvalue weighted by Gasteiger charge is -2.26. The minimum atomic E-state index is 0.165. The Morgan fingerprint density at radius 1 is 1.60 bits per heavy atom. The van der Waals surface area contributed by atoms with Crippen molar-refractivity contribution >= 4 is 5.82 Å². The third kappa shape index (κ3) is 2.96. The summed E-state index contributed by atoms with van der Waals surface area (Å²) in [4.78, 5) is 0. The van der Waals surface area contributed by atoms with E-state index in [0.29, 0.717) is 6.54 Å². The second-order valence-corrected chi connectivity index (χ2v) is 4.52. The number of nitrogens with two attached hydrogens (primary N) is 1. The molecule has 0 aliphatic rings. The molecule has 1 rings (SSSR count). The van der Waals surface area contributed by atoms with Crippen molar-refractivity contribution in [2.24, 2.45) is 18.2 Å². The van der Waals surface area contributed by atoms with Gasteiger partial charge in [-0.3, -0.25) is 4.68 Å². The minimum Gasteiger partial charge on any atom is -0.370 e. The van der Waals surface area contributed by atoms with E-state index in [1.807, 2.05) is 24.7 Å². The smallest absolute Gasteiger partial charge is 0.124 e. The van der Waals surface area contributed by atoms with E-state index in [9.17, 15) is 0 Å². The van der Waals surface area contributed by atoms with E-state index in [0.717, 1.165) is 24.5 Å². The first-order chi connectivity index (χ1) is 7.00. The van der Waals surface area contributed by atoms with Crippen LogP contribution in [0, 0.1) is 12.3 Å². The zero-order chi connectivity index (χ0) is 11.5. The molecule has 1 aromatic rings. The molecule has 3 N–H and O–H groups in total. The largest absolute Gasteiger partial charge is 0.370 e. The van der Waals surface area contributed by atoms with Crippen molar-refractivity contribution in [1.82, 2.24) is 9.78 Å². The van der Waals surface area contributed by atoms with Crippen LogP contribution in [0.5, 0.6) is 0 Å². The maximum absolute atomic E-state index is 5.76.